The summed E-state index contributed by atoms with van der Waals surface area (Å²) in [6.45, 7) is 3.85. The number of non-ortho nitro benzene ring substituents is 1. The van der Waals surface area contributed by atoms with E-state index in [9.17, 15) is 19.7 Å². The van der Waals surface area contributed by atoms with Crippen LogP contribution in [-0.4, -0.2) is 55.8 Å². The summed E-state index contributed by atoms with van der Waals surface area (Å²) in [5.74, 6) is -0.0590. The number of aromatic nitrogens is 2. The van der Waals surface area contributed by atoms with Crippen molar-refractivity contribution < 1.29 is 19.0 Å². The molecule has 1 aliphatic heterocycles. The van der Waals surface area contributed by atoms with E-state index < -0.39 is 16.9 Å². The van der Waals surface area contributed by atoms with Gasteiger partial charge in [-0.2, -0.15) is 4.98 Å². The van der Waals surface area contributed by atoms with Gasteiger partial charge in [-0.25, -0.2) is 0 Å². The van der Waals surface area contributed by atoms with Crippen LogP contribution in [0.3, 0.4) is 0 Å². The van der Waals surface area contributed by atoms with E-state index >= 15 is 0 Å². The lowest BCUT2D eigenvalue weighted by atomic mass is 10.0. The summed E-state index contributed by atoms with van der Waals surface area (Å²) in [5.41, 5.74) is 0.571. The van der Waals surface area contributed by atoms with Crippen LogP contribution in [-0.2, 0) is 4.79 Å². The Morgan fingerprint density at radius 1 is 1.22 bits per heavy atom. The van der Waals surface area contributed by atoms with E-state index in [1.54, 1.807) is 36.9 Å². The largest absolute Gasteiger partial charge is 0.337 e. The molecule has 0 saturated carbocycles. The molecule has 0 spiro atoms. The lowest BCUT2D eigenvalue weighted by Crippen LogP contribution is -2.48. The fourth-order valence-corrected chi connectivity index (χ4v) is 4.72. The number of hydrogen-bond donors (Lipinski definition) is 0. The molecule has 0 bridgehead atoms. The number of nitrogens with zero attached hydrogens (tertiary/aromatic N) is 5. The van der Waals surface area contributed by atoms with Crippen LogP contribution in [0.4, 0.5) is 5.69 Å². The summed E-state index contributed by atoms with van der Waals surface area (Å²) in [6.07, 6.45) is 2.34. The van der Waals surface area contributed by atoms with E-state index in [1.807, 2.05) is 6.07 Å². The zero-order valence-corrected chi connectivity index (χ0v) is 21.8. The van der Waals surface area contributed by atoms with Crippen LogP contribution in [0, 0.1) is 10.1 Å². The Balaban J connectivity index is 1.54. The zero-order valence-electron chi connectivity index (χ0n) is 20.3. The van der Waals surface area contributed by atoms with Crippen molar-refractivity contribution in [1.29, 1.82) is 0 Å². The van der Waals surface area contributed by atoms with E-state index in [-0.39, 0.29) is 34.8 Å². The molecule has 10 nitrogen and oxygen atoms in total. The van der Waals surface area contributed by atoms with Gasteiger partial charge in [0.25, 0.3) is 11.6 Å². The van der Waals surface area contributed by atoms with Gasteiger partial charge in [0, 0.05) is 35.3 Å². The first-order valence-electron chi connectivity index (χ1n) is 11.8. The molecule has 1 fully saturated rings. The van der Waals surface area contributed by atoms with E-state index in [0.717, 1.165) is 18.9 Å². The summed E-state index contributed by atoms with van der Waals surface area (Å²) < 4.78 is 5.54. The molecule has 0 aliphatic carbocycles. The van der Waals surface area contributed by atoms with Crippen molar-refractivity contribution in [2.75, 3.05) is 13.1 Å². The molecule has 2 aromatic carbocycles. The monoisotopic (exact) mass is 545 g/mol. The normalized spacial score (nSPS) is 15.6. The molecule has 3 aromatic rings. The van der Waals surface area contributed by atoms with Gasteiger partial charge in [0.05, 0.1) is 15.5 Å². The number of likely N-dealkylation sites (tertiary alicyclic amines) is 1. The van der Waals surface area contributed by atoms with Gasteiger partial charge in [-0.15, -0.1) is 0 Å². The quantitative estimate of drug-likeness (QED) is 0.281. The number of amides is 2. The van der Waals surface area contributed by atoms with E-state index in [0.29, 0.717) is 35.3 Å². The van der Waals surface area contributed by atoms with Gasteiger partial charge < -0.3 is 14.3 Å². The topological polar surface area (TPSA) is 123 Å². The fraction of sp³-hybridized carbons (Fsp3) is 0.360. The predicted octanol–water partition coefficient (Wildman–Crippen LogP) is 5.56. The molecule has 2 amide bonds. The summed E-state index contributed by atoms with van der Waals surface area (Å²) in [4.78, 5) is 44.8. The molecule has 4 rings (SSSR count). The smallest absolute Gasteiger partial charge is 0.270 e. The van der Waals surface area contributed by atoms with Crippen LogP contribution >= 0.6 is 23.2 Å². The van der Waals surface area contributed by atoms with E-state index in [4.69, 9.17) is 27.7 Å². The fourth-order valence-electron chi connectivity index (χ4n) is 4.27. The lowest BCUT2D eigenvalue weighted by molar-refractivity contribution is -0.384. The third-order valence-electron chi connectivity index (χ3n) is 6.22. The van der Waals surface area contributed by atoms with Crippen LogP contribution in [0.1, 0.15) is 55.4 Å². The van der Waals surface area contributed by atoms with Crippen LogP contribution in [0.25, 0.3) is 11.4 Å². The van der Waals surface area contributed by atoms with Gasteiger partial charge in [-0.3, -0.25) is 19.7 Å². The summed E-state index contributed by atoms with van der Waals surface area (Å²) in [5, 5.41) is 15.6. The molecule has 0 radical (unpaired) electrons. The number of piperidine rings is 1. The number of rotatable bonds is 7. The molecular weight excluding hydrogens is 521 g/mol. The maximum absolute atomic E-state index is 13.5. The number of carbonyl (C=O) groups is 2. The number of carbonyl (C=O) groups excluding carboxylic acids is 2. The summed E-state index contributed by atoms with van der Waals surface area (Å²) >= 11 is 12.3. The number of benzene rings is 2. The van der Waals surface area contributed by atoms with Gasteiger partial charge in [0.1, 0.15) is 12.6 Å². The highest BCUT2D eigenvalue weighted by Gasteiger charge is 2.34. The molecule has 1 saturated heterocycles. The average molecular weight is 546 g/mol. The van der Waals surface area contributed by atoms with E-state index in [1.165, 1.54) is 17.0 Å². The first-order chi connectivity index (χ1) is 17.7. The Hall–Kier alpha value is -3.50. The van der Waals surface area contributed by atoms with Gasteiger partial charge in [0.15, 0.2) is 0 Å². The standard InChI is InChI=1S/C25H25Cl2N5O5/c1-15(2)31(25(34)19-10-9-18(32(35)36)13-20(19)27)14-22(33)30-11-4-3-8-21(30)24-28-23(29-37-24)16-6-5-7-17(26)12-16/h5-7,9-10,12-13,15,21H,3-4,8,11,14H2,1-2H3. The van der Waals surface area contributed by atoms with Crippen LogP contribution in [0.15, 0.2) is 47.0 Å². The Labute approximate surface area is 223 Å². The second-order valence-electron chi connectivity index (χ2n) is 9.01. The van der Waals surface area contributed by atoms with Crippen molar-refractivity contribution in [3.63, 3.8) is 0 Å². The van der Waals surface area contributed by atoms with Crippen LogP contribution in [0.2, 0.25) is 10.0 Å². The van der Waals surface area contributed by atoms with Gasteiger partial charge in [-0.05, 0) is 51.3 Å². The zero-order chi connectivity index (χ0) is 26.7. The molecular formula is C25H25Cl2N5O5. The SMILES string of the molecule is CC(C)N(CC(=O)N1CCCCC1c1nc(-c2cccc(Cl)c2)no1)C(=O)c1ccc([N+](=O)[O-])cc1Cl. The maximum Gasteiger partial charge on any atom is 0.270 e. The minimum Gasteiger partial charge on any atom is -0.337 e. The van der Waals surface area contributed by atoms with Crippen molar-refractivity contribution in [3.05, 3.63) is 74.1 Å². The molecule has 2 heterocycles. The van der Waals surface area contributed by atoms with Crippen molar-refractivity contribution in [3.8, 4) is 11.4 Å². The van der Waals surface area contributed by atoms with Crippen molar-refractivity contribution >= 4 is 40.7 Å². The third-order valence-corrected chi connectivity index (χ3v) is 6.76. The highest BCUT2D eigenvalue weighted by Crippen LogP contribution is 2.32. The van der Waals surface area contributed by atoms with Crippen molar-refractivity contribution in [1.82, 2.24) is 19.9 Å². The average Bonchev–Trinajstić information content (AvgIpc) is 3.37. The summed E-state index contributed by atoms with van der Waals surface area (Å²) in [6, 6.07) is 9.99. The number of halogens is 2. The Morgan fingerprint density at radius 3 is 2.68 bits per heavy atom. The molecule has 1 atom stereocenters. The van der Waals surface area contributed by atoms with Gasteiger partial charge in [-0.1, -0.05) is 40.5 Å². The van der Waals surface area contributed by atoms with Crippen molar-refractivity contribution in [2.24, 2.45) is 0 Å². The Morgan fingerprint density at radius 2 is 2.00 bits per heavy atom. The second kappa shape index (κ2) is 11.3. The first-order valence-corrected chi connectivity index (χ1v) is 12.5. The Kier molecular flexibility index (Phi) is 8.09. The minimum absolute atomic E-state index is 0.0486. The van der Waals surface area contributed by atoms with E-state index in [2.05, 4.69) is 10.1 Å². The summed E-state index contributed by atoms with van der Waals surface area (Å²) in [7, 11) is 0. The van der Waals surface area contributed by atoms with Crippen LogP contribution in [0.5, 0.6) is 0 Å². The second-order valence-corrected chi connectivity index (χ2v) is 9.86. The third kappa shape index (κ3) is 5.91. The number of nitro groups is 1. The molecule has 1 aliphatic rings. The van der Waals surface area contributed by atoms with Crippen LogP contribution < -0.4 is 0 Å². The Bertz CT molecular complexity index is 1330. The molecule has 194 valence electrons. The molecule has 0 N–H and O–H groups in total. The van der Waals surface area contributed by atoms with Crippen molar-refractivity contribution in [2.45, 2.75) is 45.2 Å². The number of hydrogen-bond acceptors (Lipinski definition) is 7. The molecule has 12 heteroatoms. The maximum atomic E-state index is 13.5. The van der Waals surface area contributed by atoms with Gasteiger partial charge >= 0.3 is 0 Å². The molecule has 37 heavy (non-hydrogen) atoms. The predicted molar refractivity (Wildman–Crippen MR) is 137 cm³/mol. The highest BCUT2D eigenvalue weighted by molar-refractivity contribution is 6.34. The molecule has 1 aromatic heterocycles. The lowest BCUT2D eigenvalue weighted by Gasteiger charge is -2.36. The number of nitro benzene ring substituents is 1. The van der Waals surface area contributed by atoms with Gasteiger partial charge in [0.2, 0.25) is 17.6 Å². The minimum atomic E-state index is -0.588. The molecule has 1 unspecified atom stereocenters. The first kappa shape index (κ1) is 26.6. The highest BCUT2D eigenvalue weighted by atomic mass is 35.5.